The van der Waals surface area contributed by atoms with Crippen LogP contribution in [-0.4, -0.2) is 21.6 Å². The number of hydrogen-bond acceptors (Lipinski definition) is 3. The number of benzene rings is 1. The summed E-state index contributed by atoms with van der Waals surface area (Å²) in [6, 6.07) is 8.44. The van der Waals surface area contributed by atoms with Crippen molar-refractivity contribution < 1.29 is 0 Å². The Labute approximate surface area is 110 Å². The lowest BCUT2D eigenvalue weighted by atomic mass is 10.1. The predicted molar refractivity (Wildman–Crippen MR) is 75.6 cm³/mol. The van der Waals surface area contributed by atoms with Crippen LogP contribution in [0, 0.1) is 5.92 Å². The summed E-state index contributed by atoms with van der Waals surface area (Å²) >= 11 is 3.51. The average molecular weight is 294 g/mol. The fourth-order valence-electron chi connectivity index (χ4n) is 1.64. The summed E-state index contributed by atoms with van der Waals surface area (Å²) in [5.41, 5.74) is 1.98. The third kappa shape index (κ3) is 2.75. The van der Waals surface area contributed by atoms with E-state index in [0.717, 1.165) is 21.9 Å². The van der Waals surface area contributed by atoms with Gasteiger partial charge in [-0.05, 0) is 18.9 Å². The molecule has 0 fully saturated rings. The predicted octanol–water partition coefficient (Wildman–Crippen LogP) is 3.46. The number of nitrogens with one attached hydrogen (secondary N) is 1. The zero-order valence-corrected chi connectivity index (χ0v) is 11.6. The van der Waals surface area contributed by atoms with E-state index in [1.807, 2.05) is 18.2 Å². The number of rotatable bonds is 4. The first-order valence-electron chi connectivity index (χ1n) is 5.75. The van der Waals surface area contributed by atoms with E-state index < -0.39 is 0 Å². The van der Waals surface area contributed by atoms with E-state index in [4.69, 9.17) is 0 Å². The summed E-state index contributed by atoms with van der Waals surface area (Å²) < 4.78 is 0. The molecule has 0 saturated heterocycles. The molecule has 0 bridgehead atoms. The fraction of sp³-hybridized carbons (Fsp3) is 0.385. The molecule has 1 aromatic carbocycles. The number of halogens is 1. The number of nitrogens with zero attached hydrogens (tertiary/aromatic N) is 2. The highest BCUT2D eigenvalue weighted by Crippen LogP contribution is 2.22. The quantitative estimate of drug-likeness (QED) is 0.878. The molecule has 0 saturated carbocycles. The first kappa shape index (κ1) is 12.3. The van der Waals surface area contributed by atoms with E-state index >= 15 is 0 Å². The first-order valence-corrected chi connectivity index (χ1v) is 6.87. The van der Waals surface area contributed by atoms with Crippen LogP contribution in [0.1, 0.15) is 13.8 Å². The van der Waals surface area contributed by atoms with Crippen LogP contribution in [0.25, 0.3) is 10.9 Å². The summed E-state index contributed by atoms with van der Waals surface area (Å²) in [6.07, 6.45) is 1.79. The molecule has 4 heteroatoms. The Bertz CT molecular complexity index is 495. The van der Waals surface area contributed by atoms with Crippen LogP contribution >= 0.6 is 15.9 Å². The van der Waals surface area contributed by atoms with Crippen LogP contribution in [-0.2, 0) is 0 Å². The highest BCUT2D eigenvalue weighted by molar-refractivity contribution is 9.09. The Morgan fingerprint density at radius 1 is 1.29 bits per heavy atom. The number of alkyl halides is 1. The van der Waals surface area contributed by atoms with Crippen molar-refractivity contribution in [3.8, 4) is 0 Å². The van der Waals surface area contributed by atoms with Gasteiger partial charge in [-0.3, -0.25) is 0 Å². The van der Waals surface area contributed by atoms with Gasteiger partial charge in [-0.15, -0.1) is 0 Å². The fourth-order valence-corrected chi connectivity index (χ4v) is 2.20. The topological polar surface area (TPSA) is 37.8 Å². The van der Waals surface area contributed by atoms with Crippen LogP contribution in [0.2, 0.25) is 0 Å². The smallest absolute Gasteiger partial charge is 0.0950 e. The molecule has 90 valence electrons. The van der Waals surface area contributed by atoms with Gasteiger partial charge in [0.15, 0.2) is 0 Å². The molecule has 1 aromatic heterocycles. The van der Waals surface area contributed by atoms with Gasteiger partial charge in [-0.25, -0.2) is 0 Å². The summed E-state index contributed by atoms with van der Waals surface area (Å²) in [6.45, 7) is 4.39. The first-order chi connectivity index (χ1) is 8.22. The zero-order valence-electron chi connectivity index (χ0n) is 10.0. The molecule has 1 N–H and O–H groups in total. The van der Waals surface area contributed by atoms with Crippen molar-refractivity contribution in [3.05, 3.63) is 30.5 Å². The van der Waals surface area contributed by atoms with Crippen molar-refractivity contribution in [2.75, 3.05) is 10.6 Å². The van der Waals surface area contributed by atoms with Gasteiger partial charge in [0, 0.05) is 16.8 Å². The highest BCUT2D eigenvalue weighted by Gasteiger charge is 2.12. The van der Waals surface area contributed by atoms with Gasteiger partial charge < -0.3 is 5.32 Å². The van der Waals surface area contributed by atoms with E-state index in [1.54, 1.807) is 6.20 Å². The maximum absolute atomic E-state index is 4.11. The zero-order chi connectivity index (χ0) is 12.3. The molecule has 2 atom stereocenters. The Morgan fingerprint density at radius 3 is 2.82 bits per heavy atom. The number of fused-ring (bicyclic) bond motifs is 1. The van der Waals surface area contributed by atoms with E-state index in [9.17, 15) is 0 Å². The van der Waals surface area contributed by atoms with Gasteiger partial charge in [0.2, 0.25) is 0 Å². The maximum atomic E-state index is 4.11. The lowest BCUT2D eigenvalue weighted by Crippen LogP contribution is -2.24. The van der Waals surface area contributed by atoms with Gasteiger partial charge in [-0.1, -0.05) is 41.1 Å². The van der Waals surface area contributed by atoms with Gasteiger partial charge >= 0.3 is 0 Å². The lowest BCUT2D eigenvalue weighted by Gasteiger charge is -2.21. The highest BCUT2D eigenvalue weighted by atomic mass is 79.9. The van der Waals surface area contributed by atoms with Crippen molar-refractivity contribution in [3.63, 3.8) is 0 Å². The molecule has 2 rings (SSSR count). The van der Waals surface area contributed by atoms with Crippen molar-refractivity contribution in [1.82, 2.24) is 10.2 Å². The van der Waals surface area contributed by atoms with Crippen LogP contribution in [0.15, 0.2) is 30.5 Å². The van der Waals surface area contributed by atoms with Crippen molar-refractivity contribution >= 4 is 32.5 Å². The molecule has 2 unspecified atom stereocenters. The molecule has 0 radical (unpaired) electrons. The van der Waals surface area contributed by atoms with Crippen LogP contribution < -0.4 is 5.32 Å². The van der Waals surface area contributed by atoms with Crippen LogP contribution in [0.3, 0.4) is 0 Å². The van der Waals surface area contributed by atoms with Gasteiger partial charge in [-0.2, -0.15) is 10.2 Å². The van der Waals surface area contributed by atoms with Gasteiger partial charge in [0.25, 0.3) is 0 Å². The van der Waals surface area contributed by atoms with Crippen LogP contribution in [0.4, 0.5) is 5.69 Å². The SMILES string of the molecule is CC(CBr)C(C)Nc1cnnc2ccccc12. The molecule has 0 aliphatic rings. The molecular weight excluding hydrogens is 278 g/mol. The van der Waals surface area contributed by atoms with Gasteiger partial charge in [0.05, 0.1) is 17.4 Å². The summed E-state index contributed by atoms with van der Waals surface area (Å²) in [7, 11) is 0. The number of anilines is 1. The second-order valence-electron chi connectivity index (χ2n) is 4.34. The van der Waals surface area contributed by atoms with E-state index in [1.165, 1.54) is 0 Å². The molecular formula is C13H16BrN3. The summed E-state index contributed by atoms with van der Waals surface area (Å²) in [5, 5.41) is 13.7. The molecule has 0 aliphatic carbocycles. The molecule has 0 amide bonds. The second-order valence-corrected chi connectivity index (χ2v) is 4.99. The summed E-state index contributed by atoms with van der Waals surface area (Å²) in [5.74, 6) is 0.557. The Balaban J connectivity index is 2.30. The minimum absolute atomic E-state index is 0.391. The molecule has 0 aliphatic heterocycles. The minimum Gasteiger partial charge on any atom is -0.380 e. The molecule has 3 nitrogen and oxygen atoms in total. The Morgan fingerprint density at radius 2 is 2.06 bits per heavy atom. The number of aromatic nitrogens is 2. The standard InChI is InChI=1S/C13H16BrN3/c1-9(7-14)10(2)16-13-8-15-17-12-6-4-3-5-11(12)13/h3-6,8-10H,7H2,1-2H3,(H,16,17). The summed E-state index contributed by atoms with van der Waals surface area (Å²) in [4.78, 5) is 0. The third-order valence-corrected chi connectivity index (χ3v) is 4.05. The van der Waals surface area contributed by atoms with E-state index in [2.05, 4.69) is 51.4 Å². The van der Waals surface area contributed by atoms with Crippen molar-refractivity contribution in [1.29, 1.82) is 0 Å². The Hall–Kier alpha value is -1.16. The molecule has 1 heterocycles. The Kier molecular flexibility index (Phi) is 3.94. The van der Waals surface area contributed by atoms with Crippen molar-refractivity contribution in [2.24, 2.45) is 5.92 Å². The number of hydrogen-bond donors (Lipinski definition) is 1. The normalized spacial score (nSPS) is 14.5. The third-order valence-electron chi connectivity index (χ3n) is 3.03. The lowest BCUT2D eigenvalue weighted by molar-refractivity contribution is 0.572. The monoisotopic (exact) mass is 293 g/mol. The molecule has 0 spiro atoms. The maximum Gasteiger partial charge on any atom is 0.0950 e. The van der Waals surface area contributed by atoms with Crippen LogP contribution in [0.5, 0.6) is 0 Å². The van der Waals surface area contributed by atoms with E-state index in [0.29, 0.717) is 12.0 Å². The average Bonchev–Trinajstić information content (AvgIpc) is 2.38. The second kappa shape index (κ2) is 5.45. The molecule has 17 heavy (non-hydrogen) atoms. The van der Waals surface area contributed by atoms with Gasteiger partial charge in [0.1, 0.15) is 0 Å². The molecule has 2 aromatic rings. The largest absolute Gasteiger partial charge is 0.380 e. The van der Waals surface area contributed by atoms with E-state index in [-0.39, 0.29) is 0 Å². The minimum atomic E-state index is 0.391. The van der Waals surface area contributed by atoms with Crippen molar-refractivity contribution in [2.45, 2.75) is 19.9 Å².